The molecule has 1 heterocycles. The Morgan fingerprint density at radius 3 is 2.70 bits per heavy atom. The summed E-state index contributed by atoms with van der Waals surface area (Å²) in [5.41, 5.74) is 8.63. The lowest BCUT2D eigenvalue weighted by Crippen LogP contribution is -2.23. The molecule has 1 aromatic heterocycles. The fraction of sp³-hybridized carbons (Fsp3) is 0.667. The number of rotatable bonds is 4. The second kappa shape index (κ2) is 5.28. The number of nitrogens with two attached hydrogens (primary N) is 1. The summed E-state index contributed by atoms with van der Waals surface area (Å²) >= 11 is 5.17. The van der Waals surface area contributed by atoms with Gasteiger partial charge in [-0.1, -0.05) is 18.6 Å². The van der Waals surface area contributed by atoms with Crippen molar-refractivity contribution >= 4 is 23.0 Å². The van der Waals surface area contributed by atoms with Gasteiger partial charge in [-0.15, -0.1) is 5.10 Å². The largest absolute Gasteiger partial charge is 0.389 e. The van der Waals surface area contributed by atoms with E-state index in [9.17, 15) is 0 Å². The van der Waals surface area contributed by atoms with Crippen molar-refractivity contribution < 1.29 is 0 Å². The van der Waals surface area contributed by atoms with Gasteiger partial charge < -0.3 is 11.1 Å². The number of hydrogen-bond donors (Lipinski definition) is 2. The monoisotopic (exact) mass is 290 g/mol. The van der Waals surface area contributed by atoms with E-state index in [1.165, 1.54) is 25.7 Å². The summed E-state index contributed by atoms with van der Waals surface area (Å²) in [6.45, 7) is 4.90. The van der Waals surface area contributed by atoms with Crippen molar-refractivity contribution in [1.29, 1.82) is 0 Å². The Labute approximate surface area is 125 Å². The summed E-state index contributed by atoms with van der Waals surface area (Å²) in [4.78, 5) is 0.399. The van der Waals surface area contributed by atoms with Crippen LogP contribution in [0, 0.1) is 31.6 Å². The fourth-order valence-electron chi connectivity index (χ4n) is 3.89. The summed E-state index contributed by atoms with van der Waals surface area (Å²) in [5.74, 6) is 3.40. The zero-order valence-electron chi connectivity index (χ0n) is 12.1. The van der Waals surface area contributed by atoms with Crippen LogP contribution in [-0.4, -0.2) is 21.7 Å². The van der Waals surface area contributed by atoms with E-state index in [1.807, 2.05) is 13.8 Å². The van der Waals surface area contributed by atoms with Gasteiger partial charge in [0.25, 0.3) is 0 Å². The van der Waals surface area contributed by atoms with E-state index in [-0.39, 0.29) is 0 Å². The molecule has 0 saturated heterocycles. The van der Waals surface area contributed by atoms with Gasteiger partial charge in [-0.25, -0.2) is 0 Å². The van der Waals surface area contributed by atoms with Gasteiger partial charge in [-0.2, -0.15) is 5.10 Å². The number of nitrogens with zero attached hydrogens (tertiary/aromatic N) is 2. The highest BCUT2D eigenvalue weighted by molar-refractivity contribution is 7.80. The predicted molar refractivity (Wildman–Crippen MR) is 84.8 cm³/mol. The molecule has 0 aromatic carbocycles. The molecule has 4 nitrogen and oxygen atoms in total. The number of aromatic nitrogens is 2. The number of fused-ring (bicyclic) bond motifs is 2. The number of anilines is 1. The summed E-state index contributed by atoms with van der Waals surface area (Å²) < 4.78 is 0. The molecule has 20 heavy (non-hydrogen) atoms. The van der Waals surface area contributed by atoms with Crippen molar-refractivity contribution in [1.82, 2.24) is 10.2 Å². The maximum Gasteiger partial charge on any atom is 0.159 e. The van der Waals surface area contributed by atoms with Gasteiger partial charge in [-0.05, 0) is 56.4 Å². The number of nitrogens with one attached hydrogen (secondary N) is 1. The van der Waals surface area contributed by atoms with Crippen LogP contribution in [0.4, 0.5) is 5.82 Å². The molecule has 5 heteroatoms. The van der Waals surface area contributed by atoms with Crippen LogP contribution in [0.25, 0.3) is 0 Å². The lowest BCUT2D eigenvalue weighted by molar-refractivity contribution is 0.348. The van der Waals surface area contributed by atoms with Gasteiger partial charge in [0.05, 0.1) is 11.3 Å². The van der Waals surface area contributed by atoms with Crippen molar-refractivity contribution in [3.63, 3.8) is 0 Å². The smallest absolute Gasteiger partial charge is 0.159 e. The summed E-state index contributed by atoms with van der Waals surface area (Å²) in [6, 6.07) is 0. The highest BCUT2D eigenvalue weighted by atomic mass is 32.1. The normalized spacial score (nSPS) is 27.8. The second-order valence-electron chi connectivity index (χ2n) is 6.31. The highest BCUT2D eigenvalue weighted by Crippen LogP contribution is 2.48. The quantitative estimate of drug-likeness (QED) is 0.834. The average Bonchev–Trinajstić information content (AvgIpc) is 3.01. The number of hydrogen-bond acceptors (Lipinski definition) is 4. The minimum atomic E-state index is 0.399. The molecule has 0 radical (unpaired) electrons. The van der Waals surface area contributed by atoms with Gasteiger partial charge in [0.2, 0.25) is 0 Å². The summed E-state index contributed by atoms with van der Waals surface area (Å²) in [7, 11) is 0. The minimum absolute atomic E-state index is 0.399. The Kier molecular flexibility index (Phi) is 3.63. The Bertz CT molecular complexity index is 543. The maximum absolute atomic E-state index is 5.85. The van der Waals surface area contributed by atoms with Crippen LogP contribution >= 0.6 is 12.2 Å². The topological polar surface area (TPSA) is 63.8 Å². The Balaban J connectivity index is 1.74. The zero-order valence-corrected chi connectivity index (χ0v) is 13.0. The molecule has 3 atom stereocenters. The first-order valence-electron chi connectivity index (χ1n) is 7.43. The summed E-state index contributed by atoms with van der Waals surface area (Å²) in [6.07, 6.45) is 5.62. The first-order chi connectivity index (χ1) is 9.56. The molecule has 1 aromatic rings. The molecule has 2 aliphatic rings. The molecule has 2 bridgehead atoms. The third kappa shape index (κ3) is 2.39. The van der Waals surface area contributed by atoms with E-state index in [4.69, 9.17) is 18.0 Å². The average molecular weight is 290 g/mol. The third-order valence-electron chi connectivity index (χ3n) is 5.12. The van der Waals surface area contributed by atoms with Crippen molar-refractivity contribution in [2.24, 2.45) is 23.5 Å². The SMILES string of the molecule is Cc1nnc(NCC2CC3CCC2C3)c(C(N)=S)c1C. The lowest BCUT2D eigenvalue weighted by atomic mass is 9.89. The molecule has 2 fully saturated rings. The van der Waals surface area contributed by atoms with Crippen LogP contribution in [0.5, 0.6) is 0 Å². The molecule has 0 amide bonds. The van der Waals surface area contributed by atoms with Crippen molar-refractivity contribution in [3.8, 4) is 0 Å². The molecular formula is C15H22N4S. The van der Waals surface area contributed by atoms with E-state index in [0.29, 0.717) is 4.99 Å². The van der Waals surface area contributed by atoms with Crippen molar-refractivity contribution in [2.45, 2.75) is 39.5 Å². The molecule has 3 unspecified atom stereocenters. The molecule has 3 rings (SSSR count). The van der Waals surface area contributed by atoms with Crippen LogP contribution in [0.2, 0.25) is 0 Å². The minimum Gasteiger partial charge on any atom is -0.389 e. The highest BCUT2D eigenvalue weighted by Gasteiger charge is 2.39. The molecule has 3 N–H and O–H groups in total. The zero-order chi connectivity index (χ0) is 14.3. The first kappa shape index (κ1) is 13.7. The fourth-order valence-corrected chi connectivity index (χ4v) is 4.14. The Morgan fingerprint density at radius 2 is 2.10 bits per heavy atom. The van der Waals surface area contributed by atoms with Gasteiger partial charge in [0.15, 0.2) is 5.82 Å². The molecule has 108 valence electrons. The Hall–Kier alpha value is -1.23. The van der Waals surface area contributed by atoms with Crippen LogP contribution in [0.3, 0.4) is 0 Å². The molecular weight excluding hydrogens is 268 g/mol. The van der Waals surface area contributed by atoms with Gasteiger partial charge in [0, 0.05) is 6.54 Å². The number of thiocarbonyl (C=S) groups is 1. The van der Waals surface area contributed by atoms with Gasteiger partial charge in [-0.3, -0.25) is 0 Å². The Morgan fingerprint density at radius 1 is 1.30 bits per heavy atom. The van der Waals surface area contributed by atoms with Gasteiger partial charge >= 0.3 is 0 Å². The van der Waals surface area contributed by atoms with E-state index in [1.54, 1.807) is 0 Å². The van der Waals surface area contributed by atoms with E-state index >= 15 is 0 Å². The van der Waals surface area contributed by atoms with Crippen LogP contribution in [0.15, 0.2) is 0 Å². The van der Waals surface area contributed by atoms with E-state index < -0.39 is 0 Å². The van der Waals surface area contributed by atoms with Crippen molar-refractivity contribution in [2.75, 3.05) is 11.9 Å². The lowest BCUT2D eigenvalue weighted by Gasteiger charge is -2.23. The third-order valence-corrected chi connectivity index (χ3v) is 5.32. The molecule has 2 saturated carbocycles. The summed E-state index contributed by atoms with van der Waals surface area (Å²) in [5, 5.41) is 11.9. The van der Waals surface area contributed by atoms with Crippen LogP contribution < -0.4 is 11.1 Å². The predicted octanol–water partition coefficient (Wildman–Crippen LogP) is 2.58. The molecule has 2 aliphatic carbocycles. The second-order valence-corrected chi connectivity index (χ2v) is 6.75. The van der Waals surface area contributed by atoms with Gasteiger partial charge in [0.1, 0.15) is 4.99 Å². The van der Waals surface area contributed by atoms with E-state index in [0.717, 1.165) is 46.9 Å². The first-order valence-corrected chi connectivity index (χ1v) is 7.84. The molecule has 0 aliphatic heterocycles. The van der Waals surface area contributed by atoms with Crippen LogP contribution in [-0.2, 0) is 0 Å². The molecule has 0 spiro atoms. The standard InChI is InChI=1S/C15H22N4S/c1-8-9(2)18-19-15(13(8)14(16)20)17-7-12-6-10-3-4-11(12)5-10/h10-12H,3-7H2,1-2H3,(H2,16,20)(H,17,19). The maximum atomic E-state index is 5.85. The van der Waals surface area contributed by atoms with E-state index in [2.05, 4.69) is 15.5 Å². The van der Waals surface area contributed by atoms with Crippen LogP contribution in [0.1, 0.15) is 42.5 Å². The number of aryl methyl sites for hydroxylation is 1. The van der Waals surface area contributed by atoms with Crippen molar-refractivity contribution in [3.05, 3.63) is 16.8 Å².